The van der Waals surface area contributed by atoms with Gasteiger partial charge in [0.25, 0.3) is 5.91 Å². The number of hydrogen-bond acceptors (Lipinski definition) is 3. The molecule has 1 aromatic rings. The van der Waals surface area contributed by atoms with Gasteiger partial charge in [-0.05, 0) is 13.8 Å². The predicted octanol–water partition coefficient (Wildman–Crippen LogP) is 1.72. The molecule has 4 heteroatoms. The SMILES string of the molecule is CC1=NN(CC(=O)c2ccccc2)C(=O)[C@@H]1C. The maximum atomic E-state index is 11.9. The molecule has 1 aliphatic heterocycles. The minimum atomic E-state index is -0.210. The number of hydrazone groups is 1. The van der Waals surface area contributed by atoms with Crippen molar-refractivity contribution in [2.75, 3.05) is 6.54 Å². The third kappa shape index (κ3) is 2.25. The molecule has 0 unspecified atom stereocenters. The Bertz CT molecular complexity index is 479. The van der Waals surface area contributed by atoms with Crippen molar-refractivity contribution in [1.82, 2.24) is 5.01 Å². The number of rotatable bonds is 3. The van der Waals surface area contributed by atoms with E-state index in [0.29, 0.717) is 5.56 Å². The van der Waals surface area contributed by atoms with Gasteiger partial charge in [-0.25, -0.2) is 5.01 Å². The lowest BCUT2D eigenvalue weighted by atomic mass is 10.1. The summed E-state index contributed by atoms with van der Waals surface area (Å²) in [7, 11) is 0. The van der Waals surface area contributed by atoms with Gasteiger partial charge in [0.05, 0.1) is 5.92 Å². The van der Waals surface area contributed by atoms with E-state index in [1.807, 2.05) is 6.07 Å². The zero-order valence-corrected chi connectivity index (χ0v) is 9.88. The van der Waals surface area contributed by atoms with Crippen molar-refractivity contribution in [2.45, 2.75) is 13.8 Å². The van der Waals surface area contributed by atoms with Crippen molar-refractivity contribution in [2.24, 2.45) is 11.0 Å². The Kier molecular flexibility index (Phi) is 3.04. The molecule has 1 atom stereocenters. The number of hydrogen-bond donors (Lipinski definition) is 0. The smallest absolute Gasteiger partial charge is 0.251 e. The lowest BCUT2D eigenvalue weighted by molar-refractivity contribution is -0.130. The third-order valence-corrected chi connectivity index (χ3v) is 2.92. The molecule has 0 aromatic heterocycles. The van der Waals surface area contributed by atoms with Crippen molar-refractivity contribution in [3.8, 4) is 0 Å². The van der Waals surface area contributed by atoms with Crippen LogP contribution < -0.4 is 0 Å². The van der Waals surface area contributed by atoms with Gasteiger partial charge in [0.1, 0.15) is 6.54 Å². The van der Waals surface area contributed by atoms with Gasteiger partial charge >= 0.3 is 0 Å². The van der Waals surface area contributed by atoms with Crippen LogP contribution in [-0.4, -0.2) is 29.0 Å². The molecule has 4 nitrogen and oxygen atoms in total. The van der Waals surface area contributed by atoms with E-state index in [1.165, 1.54) is 5.01 Å². The number of amides is 1. The topological polar surface area (TPSA) is 49.7 Å². The highest BCUT2D eigenvalue weighted by Crippen LogP contribution is 2.15. The van der Waals surface area contributed by atoms with E-state index >= 15 is 0 Å². The Morgan fingerprint density at radius 1 is 1.35 bits per heavy atom. The van der Waals surface area contributed by atoms with E-state index < -0.39 is 0 Å². The van der Waals surface area contributed by atoms with Gasteiger partial charge in [-0.1, -0.05) is 30.3 Å². The number of ketones is 1. The molecule has 0 fully saturated rings. The van der Waals surface area contributed by atoms with E-state index in [9.17, 15) is 9.59 Å². The van der Waals surface area contributed by atoms with E-state index in [1.54, 1.807) is 38.1 Å². The van der Waals surface area contributed by atoms with Gasteiger partial charge < -0.3 is 0 Å². The Morgan fingerprint density at radius 3 is 2.53 bits per heavy atom. The molecule has 2 rings (SSSR count). The molecule has 0 aliphatic carbocycles. The van der Waals surface area contributed by atoms with E-state index in [-0.39, 0.29) is 24.2 Å². The quantitative estimate of drug-likeness (QED) is 0.742. The molecule has 17 heavy (non-hydrogen) atoms. The predicted molar refractivity (Wildman–Crippen MR) is 64.8 cm³/mol. The van der Waals surface area contributed by atoms with Crippen molar-refractivity contribution in [3.05, 3.63) is 35.9 Å². The van der Waals surface area contributed by atoms with Crippen molar-refractivity contribution in [3.63, 3.8) is 0 Å². The fourth-order valence-corrected chi connectivity index (χ4v) is 1.69. The average molecular weight is 230 g/mol. The highest BCUT2D eigenvalue weighted by atomic mass is 16.2. The van der Waals surface area contributed by atoms with Gasteiger partial charge in [-0.3, -0.25) is 9.59 Å². The molecule has 1 heterocycles. The highest BCUT2D eigenvalue weighted by Gasteiger charge is 2.30. The van der Waals surface area contributed by atoms with Crippen LogP contribution >= 0.6 is 0 Å². The number of benzene rings is 1. The molecular formula is C13H14N2O2. The summed E-state index contributed by atoms with van der Waals surface area (Å²) in [5.74, 6) is -0.407. The summed E-state index contributed by atoms with van der Waals surface area (Å²) < 4.78 is 0. The molecule has 1 amide bonds. The van der Waals surface area contributed by atoms with Crippen molar-refractivity contribution < 1.29 is 9.59 Å². The summed E-state index contributed by atoms with van der Waals surface area (Å²) in [5.41, 5.74) is 1.36. The van der Waals surface area contributed by atoms with Crippen molar-refractivity contribution in [1.29, 1.82) is 0 Å². The van der Waals surface area contributed by atoms with Crippen LogP contribution in [0.5, 0.6) is 0 Å². The Balaban J connectivity index is 2.09. The summed E-state index contributed by atoms with van der Waals surface area (Å²) in [5, 5.41) is 5.35. The van der Waals surface area contributed by atoms with Crippen LogP contribution in [0.25, 0.3) is 0 Å². The summed E-state index contributed by atoms with van der Waals surface area (Å²) in [6, 6.07) is 8.93. The second kappa shape index (κ2) is 4.49. The fourth-order valence-electron chi connectivity index (χ4n) is 1.69. The molecule has 0 radical (unpaired) electrons. The largest absolute Gasteiger partial charge is 0.292 e. The zero-order valence-electron chi connectivity index (χ0n) is 9.88. The normalized spacial score (nSPS) is 19.4. The molecule has 0 bridgehead atoms. The van der Waals surface area contributed by atoms with Crippen LogP contribution in [0.1, 0.15) is 24.2 Å². The number of Topliss-reactive ketones (excluding diaryl/α,β-unsaturated/α-hetero) is 1. The molecule has 1 aliphatic rings. The van der Waals surface area contributed by atoms with Crippen molar-refractivity contribution >= 4 is 17.4 Å². The average Bonchev–Trinajstić information content (AvgIpc) is 2.58. The standard InChI is InChI=1S/C13H14N2O2/c1-9-10(2)14-15(13(9)17)8-12(16)11-6-4-3-5-7-11/h3-7,9H,8H2,1-2H3/t9-/m1/s1. The van der Waals surface area contributed by atoms with E-state index in [0.717, 1.165) is 5.71 Å². The summed E-state index contributed by atoms with van der Waals surface area (Å²) in [4.78, 5) is 23.6. The first-order valence-electron chi connectivity index (χ1n) is 5.54. The van der Waals surface area contributed by atoms with Gasteiger partial charge in [-0.15, -0.1) is 0 Å². The third-order valence-electron chi connectivity index (χ3n) is 2.92. The van der Waals surface area contributed by atoms with Gasteiger partial charge in [0.15, 0.2) is 5.78 Å². The maximum absolute atomic E-state index is 11.9. The number of nitrogens with zero attached hydrogens (tertiary/aromatic N) is 2. The summed E-state index contributed by atoms with van der Waals surface area (Å²) >= 11 is 0. The zero-order chi connectivity index (χ0) is 12.4. The monoisotopic (exact) mass is 230 g/mol. The van der Waals surface area contributed by atoms with Crippen LogP contribution in [0.4, 0.5) is 0 Å². The second-order valence-corrected chi connectivity index (χ2v) is 4.15. The van der Waals surface area contributed by atoms with Gasteiger partial charge in [-0.2, -0.15) is 5.10 Å². The molecule has 0 N–H and O–H groups in total. The molecule has 0 saturated heterocycles. The number of carbonyl (C=O) groups is 2. The summed E-state index contributed by atoms with van der Waals surface area (Å²) in [6.07, 6.45) is 0. The van der Waals surface area contributed by atoms with Crippen LogP contribution in [-0.2, 0) is 4.79 Å². The van der Waals surface area contributed by atoms with Gasteiger partial charge in [0, 0.05) is 11.3 Å². The first-order valence-corrected chi connectivity index (χ1v) is 5.54. The van der Waals surface area contributed by atoms with Crippen LogP contribution in [0, 0.1) is 5.92 Å². The minimum absolute atomic E-state index is 0.0184. The Labute approximate surface area is 99.9 Å². The van der Waals surface area contributed by atoms with E-state index in [2.05, 4.69) is 5.10 Å². The lowest BCUT2D eigenvalue weighted by Crippen LogP contribution is -2.30. The number of carbonyl (C=O) groups excluding carboxylic acids is 2. The Hall–Kier alpha value is -1.97. The first-order chi connectivity index (χ1) is 8.09. The maximum Gasteiger partial charge on any atom is 0.251 e. The van der Waals surface area contributed by atoms with E-state index in [4.69, 9.17) is 0 Å². The fraction of sp³-hybridized carbons (Fsp3) is 0.308. The Morgan fingerprint density at radius 2 is 2.00 bits per heavy atom. The summed E-state index contributed by atoms with van der Waals surface area (Å²) in [6.45, 7) is 3.62. The van der Waals surface area contributed by atoms with Crippen LogP contribution in [0.2, 0.25) is 0 Å². The van der Waals surface area contributed by atoms with Gasteiger partial charge in [0.2, 0.25) is 0 Å². The van der Waals surface area contributed by atoms with Crippen LogP contribution in [0.3, 0.4) is 0 Å². The molecular weight excluding hydrogens is 216 g/mol. The molecule has 0 spiro atoms. The van der Waals surface area contributed by atoms with Crippen LogP contribution in [0.15, 0.2) is 35.4 Å². The molecule has 88 valence electrons. The minimum Gasteiger partial charge on any atom is -0.292 e. The highest BCUT2D eigenvalue weighted by molar-refractivity contribution is 6.08. The molecule has 0 saturated carbocycles. The molecule has 1 aromatic carbocycles. The second-order valence-electron chi connectivity index (χ2n) is 4.15. The lowest BCUT2D eigenvalue weighted by Gasteiger charge is -2.11. The first kappa shape index (κ1) is 11.5.